The van der Waals surface area contributed by atoms with Gasteiger partial charge in [0, 0.05) is 30.8 Å². The number of pyridine rings is 1. The van der Waals surface area contributed by atoms with Crippen molar-refractivity contribution in [1.29, 1.82) is 0 Å². The third-order valence-electron chi connectivity index (χ3n) is 9.79. The highest BCUT2D eigenvalue weighted by molar-refractivity contribution is 5.94. The van der Waals surface area contributed by atoms with Crippen LogP contribution in [0.2, 0.25) is 0 Å². The van der Waals surface area contributed by atoms with Gasteiger partial charge in [0.1, 0.15) is 30.1 Å². The van der Waals surface area contributed by atoms with Crippen LogP contribution < -0.4 is 15.0 Å². The van der Waals surface area contributed by atoms with Gasteiger partial charge in [-0.15, -0.1) is 0 Å². The van der Waals surface area contributed by atoms with E-state index in [0.29, 0.717) is 35.8 Å². The number of benzene rings is 1. The number of ether oxygens (including phenoxy) is 2. The van der Waals surface area contributed by atoms with Gasteiger partial charge in [-0.25, -0.2) is 14.8 Å². The highest BCUT2D eigenvalue weighted by Crippen LogP contribution is 2.39. The Labute approximate surface area is 284 Å². The first-order chi connectivity index (χ1) is 23.0. The molecule has 2 aliphatic carbocycles. The molecule has 2 aliphatic rings. The topological polar surface area (TPSA) is 127 Å². The summed E-state index contributed by atoms with van der Waals surface area (Å²) in [6.07, 6.45) is 12.3. The van der Waals surface area contributed by atoms with Crippen LogP contribution in [-0.2, 0) is 9.53 Å². The van der Waals surface area contributed by atoms with E-state index in [1.54, 1.807) is 33.4 Å². The summed E-state index contributed by atoms with van der Waals surface area (Å²) in [6, 6.07) is 10.4. The predicted molar refractivity (Wildman–Crippen MR) is 185 cm³/mol. The SMILES string of the molecule is COc1ccc(C2CCC(CN(C(=O)C3CCCCC3)c3cc(-c4coc(C(C)COC(=O)NCC(C)(C)O)n4)ccn3)CC2)cc1C. The molecular formula is C38H52N4O6. The maximum atomic E-state index is 14.1. The minimum atomic E-state index is -1.03. The van der Waals surface area contributed by atoms with Crippen molar-refractivity contribution in [1.82, 2.24) is 15.3 Å². The number of oxazole rings is 1. The molecule has 2 heterocycles. The van der Waals surface area contributed by atoms with Gasteiger partial charge >= 0.3 is 6.09 Å². The standard InChI is InChI=1S/C38H52N4O6/c1-25-19-30(15-16-33(25)46-5)28-13-11-27(12-14-28)21-42(36(43)29-9-7-6-8-10-29)34-20-31(17-18-39-34)32-23-47-35(41-32)26(2)22-48-37(44)40-24-38(3,4)45/h15-20,23,26-29,45H,6-14,21-22,24H2,1-5H3,(H,40,44). The smallest absolute Gasteiger partial charge is 0.407 e. The van der Waals surface area contributed by atoms with Gasteiger partial charge in [0.05, 0.1) is 18.6 Å². The zero-order valence-corrected chi connectivity index (χ0v) is 29.2. The molecule has 2 fully saturated rings. The summed E-state index contributed by atoms with van der Waals surface area (Å²) in [6.45, 7) is 8.00. The van der Waals surface area contributed by atoms with Crippen molar-refractivity contribution in [3.05, 3.63) is 59.8 Å². The van der Waals surface area contributed by atoms with Gasteiger partial charge in [0.15, 0.2) is 0 Å². The third-order valence-corrected chi connectivity index (χ3v) is 9.79. The summed E-state index contributed by atoms with van der Waals surface area (Å²) in [4.78, 5) is 37.5. The van der Waals surface area contributed by atoms with E-state index >= 15 is 0 Å². The monoisotopic (exact) mass is 660 g/mol. The number of hydrogen-bond donors (Lipinski definition) is 2. The first-order valence-electron chi connectivity index (χ1n) is 17.5. The Morgan fingerprint density at radius 2 is 1.83 bits per heavy atom. The molecule has 1 aromatic carbocycles. The van der Waals surface area contributed by atoms with Crippen molar-refractivity contribution >= 4 is 17.8 Å². The molecule has 2 amide bonds. The average Bonchev–Trinajstić information content (AvgIpc) is 3.59. The number of rotatable bonds is 12. The molecule has 0 saturated heterocycles. The van der Waals surface area contributed by atoms with E-state index in [9.17, 15) is 14.7 Å². The molecule has 0 aliphatic heterocycles. The van der Waals surface area contributed by atoms with Gasteiger partial charge in [-0.3, -0.25) is 9.69 Å². The summed E-state index contributed by atoms with van der Waals surface area (Å²) in [5.41, 5.74) is 2.95. The number of aryl methyl sites for hydroxylation is 1. The van der Waals surface area contributed by atoms with E-state index in [1.165, 1.54) is 17.5 Å². The van der Waals surface area contributed by atoms with Gasteiger partial charge in [0.2, 0.25) is 11.8 Å². The number of carbonyl (C=O) groups excluding carboxylic acids is 2. The molecule has 0 spiro atoms. The number of amides is 2. The van der Waals surface area contributed by atoms with Crippen LogP contribution in [0.1, 0.15) is 107 Å². The fourth-order valence-corrected chi connectivity index (χ4v) is 6.94. The van der Waals surface area contributed by atoms with Crippen molar-refractivity contribution in [2.75, 3.05) is 31.7 Å². The number of aliphatic hydroxyl groups is 1. The van der Waals surface area contributed by atoms with Crippen LogP contribution in [0.5, 0.6) is 5.75 Å². The number of methoxy groups -OCH3 is 1. The van der Waals surface area contributed by atoms with Crippen molar-refractivity contribution < 1.29 is 28.6 Å². The Morgan fingerprint density at radius 1 is 1.08 bits per heavy atom. The van der Waals surface area contributed by atoms with Crippen molar-refractivity contribution in [2.24, 2.45) is 11.8 Å². The normalized spacial score (nSPS) is 19.4. The third kappa shape index (κ3) is 9.36. The Morgan fingerprint density at radius 3 is 2.52 bits per heavy atom. The molecule has 10 nitrogen and oxygen atoms in total. The molecule has 1 atom stereocenters. The van der Waals surface area contributed by atoms with E-state index < -0.39 is 11.7 Å². The van der Waals surface area contributed by atoms with Gasteiger partial charge < -0.3 is 24.3 Å². The van der Waals surface area contributed by atoms with Gasteiger partial charge in [-0.2, -0.15) is 0 Å². The number of nitrogens with zero attached hydrogens (tertiary/aromatic N) is 3. The fraction of sp³-hybridized carbons (Fsp3) is 0.579. The summed E-state index contributed by atoms with van der Waals surface area (Å²) in [7, 11) is 1.71. The highest BCUT2D eigenvalue weighted by Gasteiger charge is 2.32. The van der Waals surface area contributed by atoms with Crippen LogP contribution in [0.15, 0.2) is 47.2 Å². The van der Waals surface area contributed by atoms with Gasteiger partial charge in [-0.1, -0.05) is 38.3 Å². The van der Waals surface area contributed by atoms with Crippen LogP contribution >= 0.6 is 0 Å². The zero-order chi connectivity index (χ0) is 34.3. The number of alkyl carbamates (subject to hydrolysis) is 1. The predicted octanol–water partition coefficient (Wildman–Crippen LogP) is 7.54. The van der Waals surface area contributed by atoms with E-state index in [1.807, 2.05) is 24.0 Å². The van der Waals surface area contributed by atoms with Crippen LogP contribution in [0.3, 0.4) is 0 Å². The number of aromatic nitrogens is 2. The molecular weight excluding hydrogens is 608 g/mol. The van der Waals surface area contributed by atoms with Crippen LogP contribution in [0.4, 0.5) is 10.6 Å². The van der Waals surface area contributed by atoms with Crippen molar-refractivity contribution in [3.8, 4) is 17.0 Å². The molecule has 0 bridgehead atoms. The van der Waals surface area contributed by atoms with Crippen molar-refractivity contribution in [2.45, 2.75) is 103 Å². The zero-order valence-electron chi connectivity index (χ0n) is 29.2. The van der Waals surface area contributed by atoms with Gasteiger partial charge in [-0.05, 0) is 100 Å². The number of anilines is 1. The summed E-state index contributed by atoms with van der Waals surface area (Å²) >= 11 is 0. The highest BCUT2D eigenvalue weighted by atomic mass is 16.5. The first kappa shape index (κ1) is 35.4. The summed E-state index contributed by atoms with van der Waals surface area (Å²) < 4.78 is 16.6. The number of carbonyl (C=O) groups is 2. The van der Waals surface area contributed by atoms with E-state index in [4.69, 9.17) is 23.9 Å². The largest absolute Gasteiger partial charge is 0.496 e. The molecule has 1 unspecified atom stereocenters. The molecule has 2 aromatic heterocycles. The maximum Gasteiger partial charge on any atom is 0.407 e. The first-order valence-corrected chi connectivity index (χ1v) is 17.5. The fourth-order valence-electron chi connectivity index (χ4n) is 6.94. The molecule has 5 rings (SSSR count). The Bertz CT molecular complexity index is 1520. The average molecular weight is 661 g/mol. The molecule has 2 saturated carbocycles. The lowest BCUT2D eigenvalue weighted by Crippen LogP contribution is -2.41. The minimum Gasteiger partial charge on any atom is -0.496 e. The second-order valence-electron chi connectivity index (χ2n) is 14.4. The lowest BCUT2D eigenvalue weighted by Gasteiger charge is -2.35. The number of nitrogens with one attached hydrogen (secondary N) is 1. The Balaban J connectivity index is 1.26. The molecule has 0 radical (unpaired) electrons. The summed E-state index contributed by atoms with van der Waals surface area (Å²) in [5.74, 6) is 2.87. The molecule has 48 heavy (non-hydrogen) atoms. The van der Waals surface area contributed by atoms with Crippen LogP contribution in [0, 0.1) is 18.8 Å². The van der Waals surface area contributed by atoms with E-state index in [2.05, 4.69) is 30.4 Å². The maximum absolute atomic E-state index is 14.1. The van der Waals surface area contributed by atoms with Crippen molar-refractivity contribution in [3.63, 3.8) is 0 Å². The lowest BCUT2D eigenvalue weighted by atomic mass is 9.78. The van der Waals surface area contributed by atoms with E-state index in [0.717, 1.165) is 62.7 Å². The lowest BCUT2D eigenvalue weighted by molar-refractivity contribution is -0.123. The quantitative estimate of drug-likeness (QED) is 0.204. The minimum absolute atomic E-state index is 0.0305. The van der Waals surface area contributed by atoms with Gasteiger partial charge in [0.25, 0.3) is 0 Å². The summed E-state index contributed by atoms with van der Waals surface area (Å²) in [5, 5.41) is 12.4. The molecule has 3 aromatic rings. The molecule has 10 heteroatoms. The van der Waals surface area contributed by atoms with E-state index in [-0.39, 0.29) is 30.9 Å². The molecule has 2 N–H and O–H groups in total. The Kier molecular flexibility index (Phi) is 11.8. The van der Waals surface area contributed by atoms with Crippen LogP contribution in [0.25, 0.3) is 11.3 Å². The Hall–Kier alpha value is -3.92. The molecule has 260 valence electrons. The number of hydrogen-bond acceptors (Lipinski definition) is 8. The van der Waals surface area contributed by atoms with Crippen LogP contribution in [-0.4, -0.2) is 59.5 Å². The second-order valence-corrected chi connectivity index (χ2v) is 14.4. The second kappa shape index (κ2) is 16.0.